The zero-order valence-electron chi connectivity index (χ0n) is 8.29. The molecule has 0 unspecified atom stereocenters. The van der Waals surface area contributed by atoms with E-state index in [2.05, 4.69) is 0 Å². The lowest BCUT2D eigenvalue weighted by molar-refractivity contribution is 0.598. The van der Waals surface area contributed by atoms with E-state index in [1.807, 2.05) is 18.2 Å². The molecule has 1 heterocycles. The fraction of sp³-hybridized carbons (Fsp3) is 0.0909. The Labute approximate surface area is 88.7 Å². The first-order chi connectivity index (χ1) is 7.15. The van der Waals surface area contributed by atoms with Crippen LogP contribution in [0, 0.1) is 0 Å². The Morgan fingerprint density at radius 2 is 1.93 bits per heavy atom. The van der Waals surface area contributed by atoms with Gasteiger partial charge in [0.05, 0.1) is 5.52 Å². The predicted molar refractivity (Wildman–Crippen MR) is 61.1 cm³/mol. The van der Waals surface area contributed by atoms with Crippen LogP contribution in [0.25, 0.3) is 10.9 Å². The Kier molecular flexibility index (Phi) is 2.36. The molecule has 0 radical (unpaired) electrons. The van der Waals surface area contributed by atoms with Gasteiger partial charge < -0.3 is 0 Å². The second kappa shape index (κ2) is 3.55. The molecule has 0 fully saturated rings. The van der Waals surface area contributed by atoms with Crippen LogP contribution in [0.3, 0.4) is 0 Å². The Balaban J connectivity index is 2.73. The van der Waals surface area contributed by atoms with E-state index < -0.39 is 10.0 Å². The first-order valence-corrected chi connectivity index (χ1v) is 6.10. The van der Waals surface area contributed by atoms with Gasteiger partial charge in [0.15, 0.2) is 0 Å². The van der Waals surface area contributed by atoms with E-state index in [1.165, 1.54) is 15.5 Å². The van der Waals surface area contributed by atoms with E-state index >= 15 is 0 Å². The summed E-state index contributed by atoms with van der Waals surface area (Å²) in [6.45, 7) is 1.68. The molecular weight excluding hydrogens is 210 g/mol. The number of hydrogen-bond acceptors (Lipinski definition) is 2. The first-order valence-electron chi connectivity index (χ1n) is 4.59. The Bertz CT molecular complexity index is 608. The fourth-order valence-corrected chi connectivity index (χ4v) is 2.66. The first kappa shape index (κ1) is 9.98. The number of hydrogen-bond donors (Lipinski definition) is 0. The fourth-order valence-electron chi connectivity index (χ4n) is 1.52. The van der Waals surface area contributed by atoms with Crippen molar-refractivity contribution in [3.05, 3.63) is 48.0 Å². The van der Waals surface area contributed by atoms with Crippen molar-refractivity contribution in [1.29, 1.82) is 0 Å². The SMILES string of the molecule is CC=CS(=O)(=O)n1ccc2ccccc21. The van der Waals surface area contributed by atoms with Gasteiger partial charge in [0.25, 0.3) is 10.0 Å². The normalized spacial score (nSPS) is 12.6. The lowest BCUT2D eigenvalue weighted by Crippen LogP contribution is -2.07. The van der Waals surface area contributed by atoms with Crippen molar-refractivity contribution in [1.82, 2.24) is 3.97 Å². The molecule has 0 saturated heterocycles. The summed E-state index contributed by atoms with van der Waals surface area (Å²) in [7, 11) is -3.36. The molecule has 0 saturated carbocycles. The molecule has 0 spiro atoms. The van der Waals surface area contributed by atoms with Gasteiger partial charge in [-0.15, -0.1) is 0 Å². The van der Waals surface area contributed by atoms with Crippen molar-refractivity contribution in [3.63, 3.8) is 0 Å². The van der Waals surface area contributed by atoms with Gasteiger partial charge in [-0.3, -0.25) is 0 Å². The van der Waals surface area contributed by atoms with Crippen LogP contribution in [0.15, 0.2) is 48.0 Å². The third-order valence-electron chi connectivity index (χ3n) is 2.15. The summed E-state index contributed by atoms with van der Waals surface area (Å²) in [5.41, 5.74) is 0.704. The van der Waals surface area contributed by atoms with Crippen LogP contribution in [-0.2, 0) is 10.0 Å². The van der Waals surface area contributed by atoms with Gasteiger partial charge in [-0.25, -0.2) is 12.4 Å². The zero-order chi connectivity index (χ0) is 10.9. The van der Waals surface area contributed by atoms with Gasteiger partial charge in [-0.05, 0) is 19.1 Å². The topological polar surface area (TPSA) is 39.1 Å². The predicted octanol–water partition coefficient (Wildman–Crippen LogP) is 2.35. The maximum absolute atomic E-state index is 11.8. The highest BCUT2D eigenvalue weighted by atomic mass is 32.2. The molecule has 1 aromatic heterocycles. The molecule has 78 valence electrons. The van der Waals surface area contributed by atoms with E-state index in [1.54, 1.807) is 25.3 Å². The highest BCUT2D eigenvalue weighted by Gasteiger charge is 2.10. The van der Waals surface area contributed by atoms with Crippen LogP contribution in [0.2, 0.25) is 0 Å². The van der Waals surface area contributed by atoms with Crippen molar-refractivity contribution < 1.29 is 8.42 Å². The smallest absolute Gasteiger partial charge is 0.242 e. The number of para-hydroxylation sites is 1. The summed E-state index contributed by atoms with van der Waals surface area (Å²) in [6.07, 6.45) is 3.09. The molecule has 0 aliphatic carbocycles. The molecule has 4 heteroatoms. The number of rotatable bonds is 2. The second-order valence-electron chi connectivity index (χ2n) is 3.18. The van der Waals surface area contributed by atoms with Crippen molar-refractivity contribution in [2.45, 2.75) is 6.92 Å². The number of aromatic nitrogens is 1. The monoisotopic (exact) mass is 221 g/mol. The molecular formula is C11H11NO2S. The van der Waals surface area contributed by atoms with Gasteiger partial charge in [0, 0.05) is 17.0 Å². The average molecular weight is 221 g/mol. The summed E-state index contributed by atoms with van der Waals surface area (Å²) in [5.74, 6) is 0. The third-order valence-corrected chi connectivity index (χ3v) is 3.63. The maximum Gasteiger partial charge on any atom is 0.260 e. The maximum atomic E-state index is 11.8. The summed E-state index contributed by atoms with van der Waals surface area (Å²) < 4.78 is 24.8. The van der Waals surface area contributed by atoms with Crippen molar-refractivity contribution in [2.24, 2.45) is 0 Å². The van der Waals surface area contributed by atoms with Gasteiger partial charge >= 0.3 is 0 Å². The number of fused-ring (bicyclic) bond motifs is 1. The second-order valence-corrected chi connectivity index (χ2v) is 4.88. The van der Waals surface area contributed by atoms with Gasteiger partial charge in [0.1, 0.15) is 0 Å². The average Bonchev–Trinajstić information content (AvgIpc) is 2.61. The largest absolute Gasteiger partial charge is 0.260 e. The molecule has 0 atom stereocenters. The van der Waals surface area contributed by atoms with Crippen molar-refractivity contribution in [2.75, 3.05) is 0 Å². The van der Waals surface area contributed by atoms with Crippen LogP contribution >= 0.6 is 0 Å². The molecule has 0 N–H and O–H groups in total. The minimum atomic E-state index is -3.36. The van der Waals surface area contributed by atoms with Crippen molar-refractivity contribution >= 4 is 20.9 Å². The molecule has 0 aliphatic heterocycles. The molecule has 15 heavy (non-hydrogen) atoms. The quantitative estimate of drug-likeness (QED) is 0.780. The standard InChI is InChI=1S/C11H11NO2S/c1-2-9-15(13,14)12-8-7-10-5-3-4-6-11(10)12/h2-9H,1H3. The summed E-state index contributed by atoms with van der Waals surface area (Å²) in [5, 5.41) is 2.12. The molecule has 0 bridgehead atoms. The number of allylic oxidation sites excluding steroid dienone is 1. The van der Waals surface area contributed by atoms with Crippen molar-refractivity contribution in [3.8, 4) is 0 Å². The van der Waals surface area contributed by atoms with Crippen LogP contribution in [0.4, 0.5) is 0 Å². The Morgan fingerprint density at radius 1 is 1.20 bits per heavy atom. The molecule has 0 aliphatic rings. The van der Waals surface area contributed by atoms with Gasteiger partial charge in [-0.2, -0.15) is 0 Å². The minimum Gasteiger partial charge on any atom is -0.242 e. The van der Waals surface area contributed by atoms with E-state index in [0.717, 1.165) is 5.39 Å². The molecule has 2 rings (SSSR count). The Hall–Kier alpha value is -1.55. The van der Waals surface area contributed by atoms with E-state index in [-0.39, 0.29) is 0 Å². The van der Waals surface area contributed by atoms with Gasteiger partial charge in [-0.1, -0.05) is 24.3 Å². The summed E-state index contributed by atoms with van der Waals surface area (Å²) in [6, 6.07) is 9.17. The lowest BCUT2D eigenvalue weighted by Gasteiger charge is -2.01. The van der Waals surface area contributed by atoms with E-state index in [4.69, 9.17) is 0 Å². The molecule has 2 aromatic rings. The van der Waals surface area contributed by atoms with Crippen LogP contribution in [0.5, 0.6) is 0 Å². The zero-order valence-corrected chi connectivity index (χ0v) is 9.11. The summed E-state index contributed by atoms with van der Waals surface area (Å²) in [4.78, 5) is 0. The highest BCUT2D eigenvalue weighted by Crippen LogP contribution is 2.17. The van der Waals surface area contributed by atoms with E-state index in [9.17, 15) is 8.42 Å². The lowest BCUT2D eigenvalue weighted by atomic mass is 10.3. The molecule has 0 amide bonds. The highest BCUT2D eigenvalue weighted by molar-refractivity contribution is 7.93. The molecule has 3 nitrogen and oxygen atoms in total. The Morgan fingerprint density at radius 3 is 2.67 bits per heavy atom. The van der Waals surface area contributed by atoms with Crippen LogP contribution < -0.4 is 0 Å². The number of benzene rings is 1. The third kappa shape index (κ3) is 1.68. The van der Waals surface area contributed by atoms with Gasteiger partial charge in [0.2, 0.25) is 0 Å². The van der Waals surface area contributed by atoms with Crippen LogP contribution in [-0.4, -0.2) is 12.4 Å². The van der Waals surface area contributed by atoms with E-state index in [0.29, 0.717) is 5.52 Å². The van der Waals surface area contributed by atoms with Crippen LogP contribution in [0.1, 0.15) is 6.92 Å². The number of nitrogens with zero attached hydrogens (tertiary/aromatic N) is 1. The summed E-state index contributed by atoms with van der Waals surface area (Å²) >= 11 is 0. The molecule has 1 aromatic carbocycles. The minimum absolute atomic E-state index is 0.704.